The van der Waals surface area contributed by atoms with E-state index in [1.54, 1.807) is 7.11 Å². The highest BCUT2D eigenvalue weighted by atomic mass is 32.1. The molecule has 1 aliphatic carbocycles. The fourth-order valence-corrected chi connectivity index (χ4v) is 4.77. The number of benzene rings is 1. The van der Waals surface area contributed by atoms with Gasteiger partial charge in [0.05, 0.1) is 18.4 Å². The van der Waals surface area contributed by atoms with Crippen molar-refractivity contribution in [1.82, 2.24) is 4.90 Å². The van der Waals surface area contributed by atoms with Crippen LogP contribution in [0.1, 0.15) is 62.2 Å². The lowest BCUT2D eigenvalue weighted by atomic mass is 9.88. The zero-order valence-corrected chi connectivity index (χ0v) is 18.4. The normalized spacial score (nSPS) is 14.3. The molecule has 0 aliphatic heterocycles. The maximum atomic E-state index is 13.2. The van der Waals surface area contributed by atoms with Crippen LogP contribution in [0.25, 0.3) is 10.1 Å². The molecule has 3 rings (SSSR count). The van der Waals surface area contributed by atoms with Crippen LogP contribution in [0.4, 0.5) is 0 Å². The highest BCUT2D eigenvalue weighted by Gasteiger charge is 2.31. The summed E-state index contributed by atoms with van der Waals surface area (Å²) in [4.78, 5) is 29.0. The maximum absolute atomic E-state index is 13.2. The van der Waals surface area contributed by atoms with Gasteiger partial charge < -0.3 is 9.64 Å². The van der Waals surface area contributed by atoms with E-state index in [2.05, 4.69) is 6.92 Å². The summed E-state index contributed by atoms with van der Waals surface area (Å²) in [6.07, 6.45) is 3.67. The smallest absolute Gasteiger partial charge is 0.227 e. The SMILES string of the molecule is CCCN(CC1CC1)C(=O)Cc1c(C(=O)C(C)(C)C)sc2ccc(OC)cc12. The van der Waals surface area contributed by atoms with Gasteiger partial charge in [0.2, 0.25) is 5.91 Å². The van der Waals surface area contributed by atoms with Crippen LogP contribution in [0.5, 0.6) is 5.75 Å². The molecule has 0 spiro atoms. The molecule has 1 fully saturated rings. The fourth-order valence-electron chi connectivity index (χ4n) is 3.42. The van der Waals surface area contributed by atoms with Gasteiger partial charge in [-0.3, -0.25) is 9.59 Å². The minimum atomic E-state index is -0.486. The van der Waals surface area contributed by atoms with Gasteiger partial charge in [-0.2, -0.15) is 0 Å². The Kier molecular flexibility index (Phi) is 6.13. The summed E-state index contributed by atoms with van der Waals surface area (Å²) >= 11 is 1.50. The van der Waals surface area contributed by atoms with Crippen LogP contribution in [-0.4, -0.2) is 36.8 Å². The zero-order valence-electron chi connectivity index (χ0n) is 17.6. The van der Waals surface area contributed by atoms with E-state index < -0.39 is 5.41 Å². The molecule has 0 atom stereocenters. The van der Waals surface area contributed by atoms with Crippen LogP contribution in [0.2, 0.25) is 0 Å². The Labute approximate surface area is 171 Å². The number of hydrogen-bond donors (Lipinski definition) is 0. The van der Waals surface area contributed by atoms with E-state index >= 15 is 0 Å². The lowest BCUT2D eigenvalue weighted by Gasteiger charge is -2.23. The molecule has 1 aromatic carbocycles. The standard InChI is InChI=1S/C23H31NO3S/c1-6-11-24(14-15-7-8-15)20(25)13-18-17-12-16(27-5)9-10-19(17)28-21(18)22(26)23(2,3)4/h9-10,12,15H,6-8,11,13-14H2,1-5H3. The summed E-state index contributed by atoms with van der Waals surface area (Å²) in [7, 11) is 1.64. The summed E-state index contributed by atoms with van der Waals surface area (Å²) in [6.45, 7) is 9.53. The van der Waals surface area contributed by atoms with Crippen molar-refractivity contribution in [3.8, 4) is 5.75 Å². The number of rotatable bonds is 8. The second-order valence-electron chi connectivity index (χ2n) is 8.81. The first-order valence-corrected chi connectivity index (χ1v) is 11.0. The summed E-state index contributed by atoms with van der Waals surface area (Å²) in [6, 6.07) is 5.85. The van der Waals surface area contributed by atoms with Gasteiger partial charge in [0.25, 0.3) is 0 Å². The van der Waals surface area contributed by atoms with E-state index in [9.17, 15) is 9.59 Å². The first kappa shape index (κ1) is 20.8. The number of amides is 1. The Morgan fingerprint density at radius 3 is 2.54 bits per heavy atom. The quantitative estimate of drug-likeness (QED) is 0.562. The molecule has 0 radical (unpaired) electrons. The van der Waals surface area contributed by atoms with E-state index in [0.717, 1.165) is 40.9 Å². The average molecular weight is 402 g/mol. The molecule has 0 N–H and O–H groups in total. The summed E-state index contributed by atoms with van der Waals surface area (Å²) < 4.78 is 6.42. The lowest BCUT2D eigenvalue weighted by molar-refractivity contribution is -0.130. The minimum Gasteiger partial charge on any atom is -0.497 e. The van der Waals surface area contributed by atoms with E-state index in [-0.39, 0.29) is 18.1 Å². The van der Waals surface area contributed by atoms with E-state index in [0.29, 0.717) is 10.8 Å². The Hall–Kier alpha value is -1.88. The van der Waals surface area contributed by atoms with Crippen molar-refractivity contribution in [3.05, 3.63) is 28.6 Å². The summed E-state index contributed by atoms with van der Waals surface area (Å²) in [5.74, 6) is 1.63. The largest absolute Gasteiger partial charge is 0.497 e. The molecule has 0 bridgehead atoms. The first-order valence-electron chi connectivity index (χ1n) is 10.2. The number of ether oxygens (including phenoxy) is 1. The van der Waals surface area contributed by atoms with Gasteiger partial charge in [-0.15, -0.1) is 11.3 Å². The predicted molar refractivity (Wildman–Crippen MR) is 115 cm³/mol. The number of nitrogens with zero attached hydrogens (tertiary/aromatic N) is 1. The molecule has 0 unspecified atom stereocenters. The van der Waals surface area contributed by atoms with Gasteiger partial charge in [0.1, 0.15) is 5.75 Å². The van der Waals surface area contributed by atoms with Crippen LogP contribution >= 0.6 is 11.3 Å². The van der Waals surface area contributed by atoms with Crippen molar-refractivity contribution in [1.29, 1.82) is 0 Å². The van der Waals surface area contributed by atoms with E-state index in [1.807, 2.05) is 43.9 Å². The molecule has 2 aromatic rings. The zero-order chi connectivity index (χ0) is 20.5. The molecule has 5 heteroatoms. The molecule has 1 saturated carbocycles. The molecule has 1 heterocycles. The second-order valence-corrected chi connectivity index (χ2v) is 9.86. The third-order valence-electron chi connectivity index (χ3n) is 5.24. The van der Waals surface area contributed by atoms with Gasteiger partial charge in [0, 0.05) is 28.6 Å². The van der Waals surface area contributed by atoms with E-state index in [1.165, 1.54) is 24.2 Å². The Morgan fingerprint density at radius 2 is 1.96 bits per heavy atom. The Bertz CT molecular complexity index is 874. The van der Waals surface area contributed by atoms with Crippen molar-refractivity contribution in [2.24, 2.45) is 11.3 Å². The van der Waals surface area contributed by atoms with Gasteiger partial charge >= 0.3 is 0 Å². The topological polar surface area (TPSA) is 46.6 Å². The third-order valence-corrected chi connectivity index (χ3v) is 6.45. The first-order chi connectivity index (χ1) is 13.2. The number of carbonyl (C=O) groups is 2. The van der Waals surface area contributed by atoms with Crippen molar-refractivity contribution in [2.45, 2.75) is 53.4 Å². The molecular weight excluding hydrogens is 370 g/mol. The number of methoxy groups -OCH3 is 1. The van der Waals surface area contributed by atoms with Crippen LogP contribution in [-0.2, 0) is 11.2 Å². The van der Waals surface area contributed by atoms with Crippen LogP contribution in [0.3, 0.4) is 0 Å². The number of ketones is 1. The number of Topliss-reactive ketones (excluding diaryl/α,β-unsaturated/α-hetero) is 1. The summed E-state index contributed by atoms with van der Waals surface area (Å²) in [5, 5.41) is 0.966. The van der Waals surface area contributed by atoms with Gasteiger partial charge in [0.15, 0.2) is 5.78 Å². The Morgan fingerprint density at radius 1 is 1.25 bits per heavy atom. The van der Waals surface area contributed by atoms with Crippen molar-refractivity contribution in [3.63, 3.8) is 0 Å². The highest BCUT2D eigenvalue weighted by Crippen LogP contribution is 2.38. The van der Waals surface area contributed by atoms with Crippen LogP contribution in [0, 0.1) is 11.3 Å². The van der Waals surface area contributed by atoms with Gasteiger partial charge in [-0.05, 0) is 48.9 Å². The Balaban J connectivity index is 2.00. The van der Waals surface area contributed by atoms with Gasteiger partial charge in [-0.1, -0.05) is 27.7 Å². The molecule has 152 valence electrons. The monoisotopic (exact) mass is 401 g/mol. The highest BCUT2D eigenvalue weighted by molar-refractivity contribution is 7.21. The number of hydrogen-bond acceptors (Lipinski definition) is 4. The second kappa shape index (κ2) is 8.24. The van der Waals surface area contributed by atoms with Gasteiger partial charge in [-0.25, -0.2) is 0 Å². The predicted octanol–water partition coefficient (Wildman–Crippen LogP) is 5.33. The molecule has 28 heavy (non-hydrogen) atoms. The molecule has 0 saturated heterocycles. The van der Waals surface area contributed by atoms with Crippen LogP contribution < -0.4 is 4.74 Å². The van der Waals surface area contributed by atoms with E-state index in [4.69, 9.17) is 4.74 Å². The molecule has 1 aliphatic rings. The van der Waals surface area contributed by atoms with Crippen LogP contribution in [0.15, 0.2) is 18.2 Å². The van der Waals surface area contributed by atoms with Crippen molar-refractivity contribution in [2.75, 3.05) is 20.2 Å². The van der Waals surface area contributed by atoms with Crippen molar-refractivity contribution >= 4 is 33.1 Å². The third kappa shape index (κ3) is 4.57. The lowest BCUT2D eigenvalue weighted by Crippen LogP contribution is -2.35. The minimum absolute atomic E-state index is 0.0969. The average Bonchev–Trinajstić information content (AvgIpc) is 3.40. The number of fused-ring (bicyclic) bond motifs is 1. The number of carbonyl (C=O) groups excluding carboxylic acids is 2. The fraction of sp³-hybridized carbons (Fsp3) is 0.565. The molecule has 1 aromatic heterocycles. The molecule has 1 amide bonds. The molecular formula is C23H31NO3S. The summed E-state index contributed by atoms with van der Waals surface area (Å²) in [5.41, 5.74) is 0.376. The molecule has 4 nitrogen and oxygen atoms in total. The van der Waals surface area contributed by atoms with Crippen molar-refractivity contribution < 1.29 is 14.3 Å². The maximum Gasteiger partial charge on any atom is 0.227 e. The number of thiophene rings is 1.